The molecule has 1 aliphatic rings. The Morgan fingerprint density at radius 3 is 2.46 bits per heavy atom. The van der Waals surface area contributed by atoms with Crippen LogP contribution in [0.15, 0.2) is 54.6 Å². The SMILES string of the molecule is CN1CCN(C[C@H](NCc2cccc(O)c2)c2ccccc2)CC1. The summed E-state index contributed by atoms with van der Waals surface area (Å²) in [6.07, 6.45) is 0. The fourth-order valence-electron chi connectivity index (χ4n) is 3.17. The number of phenolic OH excluding ortho intramolecular Hbond substituents is 1. The first-order chi connectivity index (χ1) is 11.7. The summed E-state index contributed by atoms with van der Waals surface area (Å²) < 4.78 is 0. The smallest absolute Gasteiger partial charge is 0.115 e. The van der Waals surface area contributed by atoms with E-state index in [4.69, 9.17) is 0 Å². The Hall–Kier alpha value is -1.88. The molecular weight excluding hydrogens is 298 g/mol. The number of nitrogens with one attached hydrogen (secondary N) is 1. The number of benzene rings is 2. The molecule has 2 N–H and O–H groups in total. The third kappa shape index (κ3) is 4.81. The summed E-state index contributed by atoms with van der Waals surface area (Å²) in [6.45, 7) is 6.27. The zero-order chi connectivity index (χ0) is 16.8. The Bertz CT molecular complexity index is 624. The lowest BCUT2D eigenvalue weighted by Crippen LogP contribution is -2.47. The minimum absolute atomic E-state index is 0.289. The van der Waals surface area contributed by atoms with Crippen LogP contribution in [-0.2, 0) is 6.54 Å². The average molecular weight is 325 g/mol. The lowest BCUT2D eigenvalue weighted by Gasteiger charge is -2.35. The van der Waals surface area contributed by atoms with Gasteiger partial charge in [-0.2, -0.15) is 0 Å². The second kappa shape index (κ2) is 8.29. The minimum atomic E-state index is 0.289. The van der Waals surface area contributed by atoms with Crippen molar-refractivity contribution in [3.8, 4) is 5.75 Å². The molecule has 1 heterocycles. The highest BCUT2D eigenvalue weighted by molar-refractivity contribution is 5.27. The van der Waals surface area contributed by atoms with Crippen molar-refractivity contribution >= 4 is 0 Å². The Kier molecular flexibility index (Phi) is 5.86. The van der Waals surface area contributed by atoms with Gasteiger partial charge in [0.2, 0.25) is 0 Å². The quantitative estimate of drug-likeness (QED) is 0.856. The molecule has 0 radical (unpaired) electrons. The van der Waals surface area contributed by atoms with Gasteiger partial charge in [-0.05, 0) is 30.3 Å². The zero-order valence-corrected chi connectivity index (χ0v) is 14.4. The standard InChI is InChI=1S/C20H27N3O/c1-22-10-12-23(13-11-22)16-20(18-7-3-2-4-8-18)21-15-17-6-5-9-19(24)14-17/h2-9,14,20-21,24H,10-13,15-16H2,1H3/t20-/m0/s1. The van der Waals surface area contributed by atoms with E-state index in [2.05, 4.69) is 52.5 Å². The highest BCUT2D eigenvalue weighted by atomic mass is 16.3. The third-order valence-corrected chi connectivity index (χ3v) is 4.70. The fraction of sp³-hybridized carbons (Fsp3) is 0.400. The summed E-state index contributed by atoms with van der Waals surface area (Å²) in [5.41, 5.74) is 2.42. The Morgan fingerprint density at radius 1 is 1.00 bits per heavy atom. The summed E-state index contributed by atoms with van der Waals surface area (Å²) in [7, 11) is 2.19. The molecule has 1 aliphatic heterocycles. The first-order valence-corrected chi connectivity index (χ1v) is 8.68. The lowest BCUT2D eigenvalue weighted by molar-refractivity contribution is 0.142. The summed E-state index contributed by atoms with van der Waals surface area (Å²) in [5.74, 6) is 0.324. The van der Waals surface area contributed by atoms with Gasteiger partial charge < -0.3 is 15.3 Å². The van der Waals surface area contributed by atoms with Crippen molar-refractivity contribution in [2.24, 2.45) is 0 Å². The maximum Gasteiger partial charge on any atom is 0.115 e. The van der Waals surface area contributed by atoms with E-state index in [0.717, 1.165) is 44.8 Å². The van der Waals surface area contributed by atoms with Gasteiger partial charge >= 0.3 is 0 Å². The van der Waals surface area contributed by atoms with Crippen LogP contribution in [0.2, 0.25) is 0 Å². The molecule has 0 spiro atoms. The number of aromatic hydroxyl groups is 1. The predicted molar refractivity (Wildman–Crippen MR) is 98.1 cm³/mol. The molecule has 4 heteroatoms. The number of phenols is 1. The number of nitrogens with zero attached hydrogens (tertiary/aromatic N) is 2. The Balaban J connectivity index is 1.66. The van der Waals surface area contributed by atoms with Crippen molar-refractivity contribution < 1.29 is 5.11 Å². The van der Waals surface area contributed by atoms with Gasteiger partial charge in [0.25, 0.3) is 0 Å². The molecule has 1 fully saturated rings. The van der Waals surface area contributed by atoms with Gasteiger partial charge in [0.05, 0.1) is 0 Å². The number of hydrogen-bond donors (Lipinski definition) is 2. The molecule has 2 aromatic carbocycles. The fourth-order valence-corrected chi connectivity index (χ4v) is 3.17. The molecule has 0 bridgehead atoms. The first kappa shape index (κ1) is 17.0. The van der Waals surface area contributed by atoms with Crippen molar-refractivity contribution in [1.82, 2.24) is 15.1 Å². The van der Waals surface area contributed by atoms with Crippen LogP contribution >= 0.6 is 0 Å². The minimum Gasteiger partial charge on any atom is -0.508 e. The topological polar surface area (TPSA) is 38.7 Å². The summed E-state index contributed by atoms with van der Waals surface area (Å²) in [5, 5.41) is 13.3. The van der Waals surface area contributed by atoms with E-state index in [1.54, 1.807) is 6.07 Å². The molecule has 4 nitrogen and oxygen atoms in total. The first-order valence-electron chi connectivity index (χ1n) is 8.68. The van der Waals surface area contributed by atoms with Gasteiger partial charge in [-0.25, -0.2) is 0 Å². The molecule has 24 heavy (non-hydrogen) atoms. The summed E-state index contributed by atoms with van der Waals surface area (Å²) in [4.78, 5) is 4.92. The van der Waals surface area contributed by atoms with Crippen molar-refractivity contribution in [2.75, 3.05) is 39.8 Å². The van der Waals surface area contributed by atoms with E-state index in [1.165, 1.54) is 5.56 Å². The van der Waals surface area contributed by atoms with Crippen LogP contribution in [0.25, 0.3) is 0 Å². The molecular formula is C20H27N3O. The van der Waals surface area contributed by atoms with Gasteiger partial charge in [-0.3, -0.25) is 4.90 Å². The second-order valence-corrected chi connectivity index (χ2v) is 6.62. The van der Waals surface area contributed by atoms with E-state index in [-0.39, 0.29) is 6.04 Å². The van der Waals surface area contributed by atoms with E-state index in [0.29, 0.717) is 5.75 Å². The van der Waals surface area contributed by atoms with Gasteiger partial charge in [-0.1, -0.05) is 42.5 Å². The van der Waals surface area contributed by atoms with Crippen molar-refractivity contribution in [3.05, 3.63) is 65.7 Å². The van der Waals surface area contributed by atoms with Gasteiger partial charge in [0.1, 0.15) is 5.75 Å². The van der Waals surface area contributed by atoms with E-state index >= 15 is 0 Å². The van der Waals surface area contributed by atoms with Crippen LogP contribution in [-0.4, -0.2) is 54.7 Å². The van der Waals surface area contributed by atoms with Gasteiger partial charge in [0, 0.05) is 45.3 Å². The van der Waals surface area contributed by atoms with E-state index in [1.807, 2.05) is 18.2 Å². The van der Waals surface area contributed by atoms with E-state index in [9.17, 15) is 5.11 Å². The number of likely N-dealkylation sites (N-methyl/N-ethyl adjacent to an activating group) is 1. The van der Waals surface area contributed by atoms with Crippen molar-refractivity contribution in [2.45, 2.75) is 12.6 Å². The second-order valence-electron chi connectivity index (χ2n) is 6.62. The van der Waals surface area contributed by atoms with Crippen LogP contribution < -0.4 is 5.32 Å². The Morgan fingerprint density at radius 2 is 1.75 bits per heavy atom. The van der Waals surface area contributed by atoms with Crippen LogP contribution in [0.4, 0.5) is 0 Å². The summed E-state index contributed by atoms with van der Waals surface area (Å²) >= 11 is 0. The highest BCUT2D eigenvalue weighted by Crippen LogP contribution is 2.17. The predicted octanol–water partition coefficient (Wildman–Crippen LogP) is 2.47. The normalized spacial score (nSPS) is 17.7. The molecule has 3 rings (SSSR count). The van der Waals surface area contributed by atoms with Crippen LogP contribution in [0, 0.1) is 0 Å². The molecule has 2 aromatic rings. The molecule has 0 unspecified atom stereocenters. The van der Waals surface area contributed by atoms with Crippen molar-refractivity contribution in [1.29, 1.82) is 0 Å². The van der Waals surface area contributed by atoms with Crippen molar-refractivity contribution in [3.63, 3.8) is 0 Å². The number of hydrogen-bond acceptors (Lipinski definition) is 4. The zero-order valence-electron chi connectivity index (χ0n) is 14.4. The highest BCUT2D eigenvalue weighted by Gasteiger charge is 2.19. The van der Waals surface area contributed by atoms with Gasteiger partial charge in [-0.15, -0.1) is 0 Å². The van der Waals surface area contributed by atoms with E-state index < -0.39 is 0 Å². The molecule has 0 amide bonds. The molecule has 1 atom stereocenters. The lowest BCUT2D eigenvalue weighted by atomic mass is 10.1. The summed E-state index contributed by atoms with van der Waals surface area (Å²) in [6, 6.07) is 18.4. The average Bonchev–Trinajstić information content (AvgIpc) is 2.61. The monoisotopic (exact) mass is 325 g/mol. The maximum absolute atomic E-state index is 9.64. The third-order valence-electron chi connectivity index (χ3n) is 4.70. The van der Waals surface area contributed by atoms with Crippen LogP contribution in [0.1, 0.15) is 17.2 Å². The molecule has 0 saturated carbocycles. The van der Waals surface area contributed by atoms with Crippen LogP contribution in [0.3, 0.4) is 0 Å². The maximum atomic E-state index is 9.64. The number of rotatable bonds is 6. The number of piperazine rings is 1. The molecule has 128 valence electrons. The molecule has 0 aromatic heterocycles. The van der Waals surface area contributed by atoms with Gasteiger partial charge in [0.15, 0.2) is 0 Å². The van der Waals surface area contributed by atoms with Crippen LogP contribution in [0.5, 0.6) is 5.75 Å². The Labute approximate surface area is 144 Å². The molecule has 1 saturated heterocycles. The molecule has 0 aliphatic carbocycles. The largest absolute Gasteiger partial charge is 0.508 e.